The molecule has 0 saturated carbocycles. The van der Waals surface area contributed by atoms with Crippen molar-refractivity contribution in [1.29, 1.82) is 0 Å². The fourth-order valence-electron chi connectivity index (χ4n) is 4.84. The second-order valence-corrected chi connectivity index (χ2v) is 10.2. The molecule has 0 aromatic carbocycles. The fourth-order valence-corrected chi connectivity index (χ4v) is 4.84. The molecule has 0 amide bonds. The summed E-state index contributed by atoms with van der Waals surface area (Å²) in [6.45, 7) is 17.3. The van der Waals surface area contributed by atoms with Crippen LogP contribution in [0, 0.1) is 0 Å². The van der Waals surface area contributed by atoms with Gasteiger partial charge in [-0.25, -0.2) is 0 Å². The molecule has 2 N–H and O–H groups in total. The predicted octanol–water partition coefficient (Wildman–Crippen LogP) is 4.16. The van der Waals surface area contributed by atoms with Gasteiger partial charge in [0.1, 0.15) is 0 Å². The van der Waals surface area contributed by atoms with Crippen molar-refractivity contribution in [2.24, 2.45) is 10.2 Å². The topological polar surface area (TPSA) is 60.2 Å². The van der Waals surface area contributed by atoms with Crippen molar-refractivity contribution in [3.8, 4) is 0 Å². The Balaban J connectivity index is 2.08. The van der Waals surface area contributed by atoms with Crippen LogP contribution in [0.15, 0.2) is 10.2 Å². The normalized spacial score (nSPS) is 31.5. The van der Waals surface area contributed by atoms with Crippen molar-refractivity contribution in [3.63, 3.8) is 0 Å². The Bertz CT molecular complexity index is 434. The molecule has 0 radical (unpaired) electrons. The lowest BCUT2D eigenvalue weighted by Gasteiger charge is -2.50. The Kier molecular flexibility index (Phi) is 4.73. The summed E-state index contributed by atoms with van der Waals surface area (Å²) in [6.07, 6.45) is 3.72. The van der Waals surface area contributed by atoms with Gasteiger partial charge in [0.05, 0.1) is 12.1 Å². The summed E-state index contributed by atoms with van der Waals surface area (Å²) < 4.78 is 0. The highest BCUT2D eigenvalue weighted by Gasteiger charge is 2.45. The molecule has 2 saturated heterocycles. The third kappa shape index (κ3) is 4.52. The van der Waals surface area contributed by atoms with Crippen LogP contribution in [-0.4, -0.2) is 44.5 Å². The zero-order chi connectivity index (χ0) is 17.7. The lowest BCUT2D eigenvalue weighted by atomic mass is 9.79. The first-order chi connectivity index (χ1) is 10.2. The molecule has 0 bridgehead atoms. The fraction of sp³-hybridized carbons (Fsp3) is 1.00. The van der Waals surface area contributed by atoms with Crippen LogP contribution in [0.4, 0.5) is 0 Å². The Morgan fingerprint density at radius 3 is 1.48 bits per heavy atom. The summed E-state index contributed by atoms with van der Waals surface area (Å²) in [5.74, 6) is 0. The van der Waals surface area contributed by atoms with Gasteiger partial charge in [-0.15, -0.1) is 0 Å². The molecule has 5 nitrogen and oxygen atoms in total. The molecular formula is C18H36N4O. The van der Waals surface area contributed by atoms with Crippen LogP contribution in [0.3, 0.4) is 0 Å². The monoisotopic (exact) mass is 324 g/mol. The van der Waals surface area contributed by atoms with E-state index in [1.165, 1.54) is 5.06 Å². The molecule has 5 heteroatoms. The van der Waals surface area contributed by atoms with E-state index in [0.29, 0.717) is 0 Å². The van der Waals surface area contributed by atoms with Gasteiger partial charge in [-0.05, 0) is 81.1 Å². The molecule has 0 spiro atoms. The van der Waals surface area contributed by atoms with E-state index in [1.54, 1.807) is 0 Å². The van der Waals surface area contributed by atoms with E-state index < -0.39 is 0 Å². The molecule has 2 fully saturated rings. The van der Waals surface area contributed by atoms with E-state index in [4.69, 9.17) is 10.2 Å². The summed E-state index contributed by atoms with van der Waals surface area (Å²) >= 11 is 0. The maximum atomic E-state index is 10.4. The summed E-state index contributed by atoms with van der Waals surface area (Å²) in [6, 6.07) is 0.462. The van der Waals surface area contributed by atoms with E-state index in [9.17, 15) is 5.21 Å². The summed E-state index contributed by atoms with van der Waals surface area (Å²) in [5.41, 5.74) is -0.340. The average Bonchev–Trinajstić information content (AvgIpc) is 2.29. The van der Waals surface area contributed by atoms with Gasteiger partial charge in [-0.2, -0.15) is 15.3 Å². The van der Waals surface area contributed by atoms with Crippen molar-refractivity contribution >= 4 is 0 Å². The molecule has 0 unspecified atom stereocenters. The third-order valence-electron chi connectivity index (χ3n) is 5.18. The first-order valence-electron chi connectivity index (χ1n) is 8.91. The molecule has 2 aliphatic rings. The lowest BCUT2D eigenvalue weighted by Crippen LogP contribution is -2.60. The third-order valence-corrected chi connectivity index (χ3v) is 5.18. The quantitative estimate of drug-likeness (QED) is 0.750. The van der Waals surface area contributed by atoms with Gasteiger partial charge in [0.15, 0.2) is 0 Å². The second kappa shape index (κ2) is 5.78. The van der Waals surface area contributed by atoms with Crippen LogP contribution in [0.1, 0.15) is 81.1 Å². The van der Waals surface area contributed by atoms with Crippen molar-refractivity contribution in [1.82, 2.24) is 10.4 Å². The van der Waals surface area contributed by atoms with Crippen LogP contribution < -0.4 is 5.32 Å². The molecule has 0 atom stereocenters. The average molecular weight is 325 g/mol. The highest BCUT2D eigenvalue weighted by molar-refractivity contribution is 5.01. The van der Waals surface area contributed by atoms with Gasteiger partial charge in [0.25, 0.3) is 0 Å². The Hall–Kier alpha value is -0.520. The zero-order valence-electron chi connectivity index (χ0n) is 16.3. The number of hydroxylamine groups is 2. The molecule has 2 heterocycles. The van der Waals surface area contributed by atoms with Crippen molar-refractivity contribution in [3.05, 3.63) is 0 Å². The number of nitrogens with one attached hydrogen (secondary N) is 1. The molecular weight excluding hydrogens is 288 g/mol. The first kappa shape index (κ1) is 18.8. The van der Waals surface area contributed by atoms with Gasteiger partial charge in [-0.3, -0.25) is 0 Å². The standard InChI is InChI=1S/C18H36N4O/c1-15(2)9-13(10-16(3,4)21-15)19-20-14-11-17(5,6)22(23)18(7,8)12-14/h13-14,21,23H,9-12H2,1-8H3. The first-order valence-corrected chi connectivity index (χ1v) is 8.91. The lowest BCUT2D eigenvalue weighted by molar-refractivity contribution is -0.244. The minimum absolute atomic E-state index is 0.0957. The highest BCUT2D eigenvalue weighted by atomic mass is 16.5. The van der Waals surface area contributed by atoms with Crippen LogP contribution >= 0.6 is 0 Å². The van der Waals surface area contributed by atoms with E-state index in [1.807, 2.05) is 0 Å². The Morgan fingerprint density at radius 1 is 0.739 bits per heavy atom. The second-order valence-electron chi connectivity index (χ2n) is 10.2. The smallest absolute Gasteiger partial charge is 0.0745 e. The van der Waals surface area contributed by atoms with E-state index >= 15 is 0 Å². The van der Waals surface area contributed by atoms with Gasteiger partial charge in [0, 0.05) is 22.2 Å². The zero-order valence-corrected chi connectivity index (χ0v) is 16.3. The van der Waals surface area contributed by atoms with Crippen LogP contribution in [0.2, 0.25) is 0 Å². The van der Waals surface area contributed by atoms with E-state index in [0.717, 1.165) is 25.7 Å². The summed E-state index contributed by atoms with van der Waals surface area (Å²) in [5, 5.41) is 25.0. The molecule has 134 valence electrons. The van der Waals surface area contributed by atoms with Crippen molar-refractivity contribution in [2.75, 3.05) is 0 Å². The number of azo groups is 1. The van der Waals surface area contributed by atoms with Gasteiger partial charge >= 0.3 is 0 Å². The van der Waals surface area contributed by atoms with Crippen LogP contribution in [-0.2, 0) is 0 Å². The minimum Gasteiger partial charge on any atom is -0.313 e. The molecule has 23 heavy (non-hydrogen) atoms. The largest absolute Gasteiger partial charge is 0.313 e. The van der Waals surface area contributed by atoms with Gasteiger partial charge < -0.3 is 10.5 Å². The Labute approximate surface area is 141 Å². The van der Waals surface area contributed by atoms with Crippen molar-refractivity contribution < 1.29 is 5.21 Å². The molecule has 0 aromatic heterocycles. The minimum atomic E-state index is -0.266. The number of rotatable bonds is 2. The number of nitrogens with zero attached hydrogens (tertiary/aromatic N) is 3. The molecule has 2 aliphatic heterocycles. The summed E-state index contributed by atoms with van der Waals surface area (Å²) in [4.78, 5) is 0. The van der Waals surface area contributed by atoms with E-state index in [2.05, 4.69) is 60.7 Å². The van der Waals surface area contributed by atoms with Crippen molar-refractivity contribution in [2.45, 2.75) is 115 Å². The predicted molar refractivity (Wildman–Crippen MR) is 94.0 cm³/mol. The highest BCUT2D eigenvalue weighted by Crippen LogP contribution is 2.38. The number of hydrogen-bond acceptors (Lipinski definition) is 5. The SMILES string of the molecule is CC1(C)CC(N=NC2CC(C)(C)N(O)C(C)(C)C2)CC(C)(C)N1. The number of hydrogen-bond donors (Lipinski definition) is 2. The summed E-state index contributed by atoms with van der Waals surface area (Å²) in [7, 11) is 0. The molecule has 0 aliphatic carbocycles. The maximum Gasteiger partial charge on any atom is 0.0745 e. The molecule has 2 rings (SSSR count). The van der Waals surface area contributed by atoms with Gasteiger partial charge in [-0.1, -0.05) is 0 Å². The Morgan fingerprint density at radius 2 is 1.09 bits per heavy atom. The molecule has 0 aromatic rings. The number of piperidine rings is 2. The van der Waals surface area contributed by atoms with E-state index in [-0.39, 0.29) is 34.2 Å². The maximum absolute atomic E-state index is 10.4. The van der Waals surface area contributed by atoms with Crippen LogP contribution in [0.5, 0.6) is 0 Å². The van der Waals surface area contributed by atoms with Gasteiger partial charge in [0.2, 0.25) is 0 Å². The van der Waals surface area contributed by atoms with Crippen LogP contribution in [0.25, 0.3) is 0 Å².